The van der Waals surface area contributed by atoms with Gasteiger partial charge in [0, 0.05) is 32.0 Å². The number of nitrogens with zero attached hydrogens (tertiary/aromatic N) is 1. The number of hydrogen-bond donors (Lipinski definition) is 1. The Morgan fingerprint density at radius 1 is 1.73 bits per heavy atom. The third kappa shape index (κ3) is 1.93. The van der Waals surface area contributed by atoms with Crippen molar-refractivity contribution >= 4 is 5.91 Å². The van der Waals surface area contributed by atoms with Crippen molar-refractivity contribution in [2.24, 2.45) is 5.92 Å². The van der Waals surface area contributed by atoms with Crippen molar-refractivity contribution in [2.45, 2.75) is 19.8 Å². The van der Waals surface area contributed by atoms with E-state index in [4.69, 9.17) is 5.11 Å². The first kappa shape index (κ1) is 8.53. The second-order valence-corrected chi connectivity index (χ2v) is 3.03. The summed E-state index contributed by atoms with van der Waals surface area (Å²) in [5.41, 5.74) is 0. The van der Waals surface area contributed by atoms with E-state index >= 15 is 0 Å². The maximum Gasteiger partial charge on any atom is 0.222 e. The lowest BCUT2D eigenvalue weighted by Gasteiger charge is -2.14. The molecule has 0 aromatic heterocycles. The van der Waals surface area contributed by atoms with E-state index in [1.165, 1.54) is 0 Å². The summed E-state index contributed by atoms with van der Waals surface area (Å²) < 4.78 is 0. The predicted octanol–water partition coefficient (Wildman–Crippen LogP) is 0.237. The van der Waals surface area contributed by atoms with Gasteiger partial charge in [-0.05, 0) is 6.42 Å². The first-order valence-electron chi connectivity index (χ1n) is 4.16. The van der Waals surface area contributed by atoms with Crippen LogP contribution in [0.1, 0.15) is 19.8 Å². The Bertz CT molecular complexity index is 147. The van der Waals surface area contributed by atoms with Crippen LogP contribution in [0.5, 0.6) is 0 Å². The molecule has 1 amide bonds. The summed E-state index contributed by atoms with van der Waals surface area (Å²) in [5.74, 6) is 0.534. The highest BCUT2D eigenvalue weighted by Gasteiger charge is 2.24. The summed E-state index contributed by atoms with van der Waals surface area (Å²) in [7, 11) is 0. The van der Waals surface area contributed by atoms with Crippen molar-refractivity contribution in [2.75, 3.05) is 19.7 Å². The van der Waals surface area contributed by atoms with E-state index in [0.29, 0.717) is 12.3 Å². The van der Waals surface area contributed by atoms with Crippen LogP contribution >= 0.6 is 0 Å². The standard InChI is InChI=1S/C8H15NO2/c1-2-8(11)9-4-3-7(5-9)6-10/h7,10H,2-6H2,1H3/t7-/m1/s1. The number of carbonyl (C=O) groups excluding carboxylic acids is 1. The molecule has 3 nitrogen and oxygen atoms in total. The van der Waals surface area contributed by atoms with E-state index in [1.54, 1.807) is 0 Å². The van der Waals surface area contributed by atoms with E-state index in [2.05, 4.69) is 0 Å². The van der Waals surface area contributed by atoms with Gasteiger partial charge in [-0.3, -0.25) is 4.79 Å². The van der Waals surface area contributed by atoms with Gasteiger partial charge in [0.15, 0.2) is 0 Å². The van der Waals surface area contributed by atoms with Gasteiger partial charge in [-0.1, -0.05) is 6.92 Å². The van der Waals surface area contributed by atoms with Crippen molar-refractivity contribution in [1.29, 1.82) is 0 Å². The molecule has 1 atom stereocenters. The van der Waals surface area contributed by atoms with Crippen LogP contribution in [0.15, 0.2) is 0 Å². The lowest BCUT2D eigenvalue weighted by Crippen LogP contribution is -2.28. The smallest absolute Gasteiger partial charge is 0.222 e. The molecule has 64 valence electrons. The average Bonchev–Trinajstić information content (AvgIpc) is 2.50. The molecule has 1 rings (SSSR count). The summed E-state index contributed by atoms with van der Waals surface area (Å²) >= 11 is 0. The third-order valence-electron chi connectivity index (χ3n) is 2.20. The number of amides is 1. The van der Waals surface area contributed by atoms with Crippen LogP contribution in [0.2, 0.25) is 0 Å². The largest absolute Gasteiger partial charge is 0.396 e. The number of aliphatic hydroxyl groups is 1. The zero-order chi connectivity index (χ0) is 8.27. The fourth-order valence-electron chi connectivity index (χ4n) is 1.43. The lowest BCUT2D eigenvalue weighted by atomic mass is 10.1. The quantitative estimate of drug-likeness (QED) is 0.623. The van der Waals surface area contributed by atoms with Crippen LogP contribution in [0, 0.1) is 5.92 Å². The van der Waals surface area contributed by atoms with Crippen LogP contribution < -0.4 is 0 Å². The molecule has 1 saturated heterocycles. The number of likely N-dealkylation sites (tertiary alicyclic amines) is 1. The van der Waals surface area contributed by atoms with Gasteiger partial charge in [0.2, 0.25) is 5.91 Å². The van der Waals surface area contributed by atoms with Crippen molar-refractivity contribution in [1.82, 2.24) is 4.90 Å². The second kappa shape index (κ2) is 3.72. The first-order valence-corrected chi connectivity index (χ1v) is 4.16. The van der Waals surface area contributed by atoms with Gasteiger partial charge in [0.1, 0.15) is 0 Å². The lowest BCUT2D eigenvalue weighted by molar-refractivity contribution is -0.129. The van der Waals surface area contributed by atoms with Crippen molar-refractivity contribution in [3.05, 3.63) is 0 Å². The minimum atomic E-state index is 0.209. The highest BCUT2D eigenvalue weighted by atomic mass is 16.3. The van der Waals surface area contributed by atoms with E-state index in [9.17, 15) is 4.79 Å². The van der Waals surface area contributed by atoms with Crippen LogP contribution in [-0.2, 0) is 4.79 Å². The minimum absolute atomic E-state index is 0.209. The molecule has 1 N–H and O–H groups in total. The minimum Gasteiger partial charge on any atom is -0.396 e. The molecule has 0 unspecified atom stereocenters. The number of hydrogen-bond acceptors (Lipinski definition) is 2. The zero-order valence-electron chi connectivity index (χ0n) is 6.92. The summed E-state index contributed by atoms with van der Waals surface area (Å²) in [6.07, 6.45) is 1.54. The fraction of sp³-hybridized carbons (Fsp3) is 0.875. The molecule has 11 heavy (non-hydrogen) atoms. The molecule has 0 aliphatic carbocycles. The molecule has 1 fully saturated rings. The molecule has 0 aromatic rings. The van der Waals surface area contributed by atoms with Gasteiger partial charge >= 0.3 is 0 Å². The van der Waals surface area contributed by atoms with E-state index < -0.39 is 0 Å². The van der Waals surface area contributed by atoms with Gasteiger partial charge < -0.3 is 10.0 Å². The number of aliphatic hydroxyl groups excluding tert-OH is 1. The Hall–Kier alpha value is -0.570. The van der Waals surface area contributed by atoms with Crippen molar-refractivity contribution < 1.29 is 9.90 Å². The van der Waals surface area contributed by atoms with Crippen molar-refractivity contribution in [3.8, 4) is 0 Å². The van der Waals surface area contributed by atoms with E-state index in [0.717, 1.165) is 19.5 Å². The Labute approximate surface area is 67.0 Å². The molecule has 0 aromatic carbocycles. The van der Waals surface area contributed by atoms with Crippen molar-refractivity contribution in [3.63, 3.8) is 0 Å². The highest BCUT2D eigenvalue weighted by Crippen LogP contribution is 2.15. The van der Waals surface area contributed by atoms with Crippen LogP contribution in [0.3, 0.4) is 0 Å². The van der Waals surface area contributed by atoms with Gasteiger partial charge in [-0.2, -0.15) is 0 Å². The molecule has 1 heterocycles. The first-order chi connectivity index (χ1) is 5.27. The van der Waals surface area contributed by atoms with Gasteiger partial charge in [-0.25, -0.2) is 0 Å². The maximum absolute atomic E-state index is 11.1. The summed E-state index contributed by atoms with van der Waals surface area (Å²) in [6.45, 7) is 3.67. The van der Waals surface area contributed by atoms with E-state index in [-0.39, 0.29) is 12.5 Å². The van der Waals surface area contributed by atoms with Gasteiger partial charge in [0.05, 0.1) is 0 Å². The Balaban J connectivity index is 2.35. The summed E-state index contributed by atoms with van der Waals surface area (Å²) in [6, 6.07) is 0. The SMILES string of the molecule is CCC(=O)N1CC[C@@H](CO)C1. The maximum atomic E-state index is 11.1. The Kier molecular flexibility index (Phi) is 2.88. The highest BCUT2D eigenvalue weighted by molar-refractivity contribution is 5.76. The third-order valence-corrected chi connectivity index (χ3v) is 2.20. The second-order valence-electron chi connectivity index (χ2n) is 3.03. The van der Waals surface area contributed by atoms with Gasteiger partial charge in [0.25, 0.3) is 0 Å². The molecule has 0 saturated carbocycles. The number of rotatable bonds is 2. The normalized spacial score (nSPS) is 24.2. The Morgan fingerprint density at radius 2 is 2.45 bits per heavy atom. The predicted molar refractivity (Wildman–Crippen MR) is 42.1 cm³/mol. The van der Waals surface area contributed by atoms with Crippen LogP contribution in [-0.4, -0.2) is 35.6 Å². The molecular weight excluding hydrogens is 142 g/mol. The number of carbonyl (C=O) groups is 1. The topological polar surface area (TPSA) is 40.5 Å². The fourth-order valence-corrected chi connectivity index (χ4v) is 1.43. The van der Waals surface area contributed by atoms with E-state index in [1.807, 2.05) is 11.8 Å². The van der Waals surface area contributed by atoms with Crippen LogP contribution in [0.25, 0.3) is 0 Å². The molecule has 0 radical (unpaired) electrons. The monoisotopic (exact) mass is 157 g/mol. The average molecular weight is 157 g/mol. The molecule has 1 aliphatic heterocycles. The zero-order valence-corrected chi connectivity index (χ0v) is 6.92. The molecule has 1 aliphatic rings. The summed E-state index contributed by atoms with van der Waals surface area (Å²) in [5, 5.41) is 8.80. The molecule has 0 bridgehead atoms. The molecular formula is C8H15NO2. The molecule has 0 spiro atoms. The van der Waals surface area contributed by atoms with Crippen LogP contribution in [0.4, 0.5) is 0 Å². The molecule has 3 heteroatoms. The Morgan fingerprint density at radius 3 is 2.91 bits per heavy atom. The summed E-state index contributed by atoms with van der Waals surface area (Å²) in [4.78, 5) is 13.0. The van der Waals surface area contributed by atoms with Gasteiger partial charge in [-0.15, -0.1) is 0 Å².